The van der Waals surface area contributed by atoms with Gasteiger partial charge in [0.2, 0.25) is 5.91 Å². The second kappa shape index (κ2) is 11.8. The van der Waals surface area contributed by atoms with Gasteiger partial charge in [-0.25, -0.2) is 19.3 Å². The van der Waals surface area contributed by atoms with Gasteiger partial charge >= 0.3 is 0 Å². The first-order chi connectivity index (χ1) is 17.4. The van der Waals surface area contributed by atoms with Crippen molar-refractivity contribution in [2.24, 2.45) is 5.92 Å². The number of piperidine rings is 1. The lowest BCUT2D eigenvalue weighted by Gasteiger charge is -2.33. The van der Waals surface area contributed by atoms with E-state index in [4.69, 9.17) is 16.6 Å². The average molecular weight is 548 g/mol. The summed E-state index contributed by atoms with van der Waals surface area (Å²) in [6.07, 6.45) is 5.73. The molecule has 1 amide bonds. The Hall–Kier alpha value is -2.75. The third kappa shape index (κ3) is 6.05. The first kappa shape index (κ1) is 27.3. The largest absolute Gasteiger partial charge is 0.356 e. The molecule has 0 saturated carbocycles. The van der Waals surface area contributed by atoms with Crippen molar-refractivity contribution in [3.8, 4) is 11.3 Å². The quantitative estimate of drug-likeness (QED) is 0.398. The number of imidazole rings is 1. The summed E-state index contributed by atoms with van der Waals surface area (Å²) in [6.45, 7) is 8.63. The molecule has 37 heavy (non-hydrogen) atoms. The molecular formula is C26H32Cl2FN7O. The lowest BCUT2D eigenvalue weighted by atomic mass is 9.95. The number of hydrogen-bond acceptors (Lipinski definition) is 6. The number of fused-ring (bicyclic) bond motifs is 1. The Labute approximate surface area is 227 Å². The smallest absolute Gasteiger partial charge is 0.230 e. The molecule has 0 radical (unpaired) electrons. The zero-order chi connectivity index (χ0) is 25.2. The second-order valence-electron chi connectivity index (χ2n) is 9.92. The van der Waals surface area contributed by atoms with Crippen LogP contribution in [0.25, 0.3) is 11.3 Å². The first-order valence-corrected chi connectivity index (χ1v) is 12.9. The van der Waals surface area contributed by atoms with Crippen LogP contribution in [0.5, 0.6) is 0 Å². The number of anilines is 2. The minimum atomic E-state index is -0.432. The maximum atomic E-state index is 13.7. The summed E-state index contributed by atoms with van der Waals surface area (Å²) in [5.41, 5.74) is 2.49. The van der Waals surface area contributed by atoms with Crippen LogP contribution in [0.15, 0.2) is 30.7 Å². The molecule has 198 valence electrons. The van der Waals surface area contributed by atoms with Gasteiger partial charge in [0.15, 0.2) is 0 Å². The van der Waals surface area contributed by atoms with E-state index in [-0.39, 0.29) is 29.3 Å². The fourth-order valence-electron chi connectivity index (χ4n) is 4.95. The van der Waals surface area contributed by atoms with E-state index in [0.29, 0.717) is 18.2 Å². The van der Waals surface area contributed by atoms with Crippen molar-refractivity contribution in [1.82, 2.24) is 24.8 Å². The molecule has 4 heterocycles. The lowest BCUT2D eigenvalue weighted by molar-refractivity contribution is -0.115. The predicted octanol–water partition coefficient (Wildman–Crippen LogP) is 4.68. The normalized spacial score (nSPS) is 15.6. The number of amides is 1. The number of aromatic nitrogens is 4. The fraction of sp³-hybridized carbons (Fsp3) is 0.462. The summed E-state index contributed by atoms with van der Waals surface area (Å²) in [5.74, 6) is 2.91. The van der Waals surface area contributed by atoms with Crippen LogP contribution in [-0.4, -0.2) is 51.6 Å². The Morgan fingerprint density at radius 3 is 2.76 bits per heavy atom. The highest BCUT2D eigenvalue weighted by Gasteiger charge is 2.30. The van der Waals surface area contributed by atoms with E-state index in [1.54, 1.807) is 12.1 Å². The third-order valence-electron chi connectivity index (χ3n) is 6.78. The SMILES string of the molecule is CC(C)CNCCn1cc(-c2ccc(F)c(Cl)c2)nc1C1CCN(c2ncnc3c2CC(=O)N3)CC1.Cl. The van der Waals surface area contributed by atoms with E-state index < -0.39 is 5.82 Å². The number of rotatable bonds is 8. The molecule has 2 N–H and O–H groups in total. The van der Waals surface area contributed by atoms with E-state index in [9.17, 15) is 9.18 Å². The molecule has 0 aliphatic carbocycles. The number of carbonyl (C=O) groups excluding carboxylic acids is 1. The van der Waals surface area contributed by atoms with Crippen LogP contribution in [0.3, 0.4) is 0 Å². The van der Waals surface area contributed by atoms with Crippen LogP contribution in [0, 0.1) is 11.7 Å². The molecule has 2 aliphatic heterocycles. The van der Waals surface area contributed by atoms with Gasteiger partial charge in [0.25, 0.3) is 0 Å². The van der Waals surface area contributed by atoms with Crippen molar-refractivity contribution in [2.75, 3.05) is 36.4 Å². The molecule has 0 unspecified atom stereocenters. The van der Waals surface area contributed by atoms with Gasteiger partial charge in [-0.05, 0) is 43.5 Å². The Bertz CT molecular complexity index is 1260. The van der Waals surface area contributed by atoms with Crippen LogP contribution in [-0.2, 0) is 17.8 Å². The molecule has 1 aromatic carbocycles. The zero-order valence-electron chi connectivity index (χ0n) is 21.0. The standard InChI is InChI=1S/C26H31ClFN7O.ClH/c1-16(2)13-29-7-10-35-14-22(18-3-4-21(28)20(27)11-18)32-25(35)17-5-8-34(9-6-17)26-19-12-23(36)33-24(19)30-15-31-26;/h3-4,11,14-17,29H,5-10,12-13H2,1-2H3,(H,30,31,33,36);1H. The van der Waals surface area contributed by atoms with E-state index >= 15 is 0 Å². The van der Waals surface area contributed by atoms with Crippen LogP contribution < -0.4 is 15.5 Å². The van der Waals surface area contributed by atoms with E-state index in [0.717, 1.165) is 74.0 Å². The number of nitrogens with one attached hydrogen (secondary N) is 2. The van der Waals surface area contributed by atoms with Crippen LogP contribution in [0.1, 0.15) is 44.0 Å². The van der Waals surface area contributed by atoms with Crippen molar-refractivity contribution in [3.63, 3.8) is 0 Å². The minimum absolute atomic E-state index is 0. The van der Waals surface area contributed by atoms with Gasteiger partial charge in [0.05, 0.1) is 17.1 Å². The van der Waals surface area contributed by atoms with Gasteiger partial charge in [-0.3, -0.25) is 4.79 Å². The molecule has 2 aliphatic rings. The molecule has 1 fully saturated rings. The van der Waals surface area contributed by atoms with Gasteiger partial charge in [0, 0.05) is 49.4 Å². The summed E-state index contributed by atoms with van der Waals surface area (Å²) < 4.78 is 16.0. The zero-order valence-corrected chi connectivity index (χ0v) is 22.6. The van der Waals surface area contributed by atoms with Gasteiger partial charge in [-0.1, -0.05) is 25.4 Å². The third-order valence-corrected chi connectivity index (χ3v) is 7.07. The molecule has 5 rings (SSSR count). The summed E-state index contributed by atoms with van der Waals surface area (Å²) in [6, 6.07) is 4.75. The summed E-state index contributed by atoms with van der Waals surface area (Å²) in [4.78, 5) is 27.8. The number of hydrogen-bond donors (Lipinski definition) is 2. The fourth-order valence-corrected chi connectivity index (χ4v) is 5.13. The van der Waals surface area contributed by atoms with Crippen molar-refractivity contribution in [2.45, 2.75) is 45.6 Å². The van der Waals surface area contributed by atoms with Crippen molar-refractivity contribution >= 4 is 41.6 Å². The highest BCUT2D eigenvalue weighted by molar-refractivity contribution is 6.31. The molecule has 11 heteroatoms. The predicted molar refractivity (Wildman–Crippen MR) is 146 cm³/mol. The Morgan fingerprint density at radius 1 is 1.24 bits per heavy atom. The van der Waals surface area contributed by atoms with Gasteiger partial charge < -0.3 is 20.1 Å². The highest BCUT2D eigenvalue weighted by atomic mass is 35.5. The minimum Gasteiger partial charge on any atom is -0.356 e. The van der Waals surface area contributed by atoms with Gasteiger partial charge in [-0.15, -0.1) is 12.4 Å². The average Bonchev–Trinajstić information content (AvgIpc) is 3.46. The molecule has 0 atom stereocenters. The number of halogens is 3. The first-order valence-electron chi connectivity index (χ1n) is 12.5. The second-order valence-corrected chi connectivity index (χ2v) is 10.3. The highest BCUT2D eigenvalue weighted by Crippen LogP contribution is 2.35. The summed E-state index contributed by atoms with van der Waals surface area (Å²) in [7, 11) is 0. The monoisotopic (exact) mass is 547 g/mol. The molecule has 2 aromatic heterocycles. The maximum absolute atomic E-state index is 13.7. The lowest BCUT2D eigenvalue weighted by Crippen LogP contribution is -2.35. The van der Waals surface area contributed by atoms with Crippen LogP contribution >= 0.6 is 24.0 Å². The number of carbonyl (C=O) groups is 1. The molecule has 3 aromatic rings. The topological polar surface area (TPSA) is 88.0 Å². The molecule has 8 nitrogen and oxygen atoms in total. The molecule has 0 spiro atoms. The number of benzene rings is 1. The Balaban J connectivity index is 0.00000320. The molecular weight excluding hydrogens is 516 g/mol. The van der Waals surface area contributed by atoms with Crippen molar-refractivity contribution in [3.05, 3.63) is 53.0 Å². The Kier molecular flexibility index (Phi) is 8.67. The van der Waals surface area contributed by atoms with E-state index in [1.807, 2.05) is 0 Å². The summed E-state index contributed by atoms with van der Waals surface area (Å²) >= 11 is 6.05. The number of nitrogens with zero attached hydrogens (tertiary/aromatic N) is 5. The van der Waals surface area contributed by atoms with Crippen molar-refractivity contribution < 1.29 is 9.18 Å². The van der Waals surface area contributed by atoms with Gasteiger partial charge in [0.1, 0.15) is 29.6 Å². The molecule has 1 saturated heterocycles. The van der Waals surface area contributed by atoms with E-state index in [1.165, 1.54) is 12.4 Å². The van der Waals surface area contributed by atoms with E-state index in [2.05, 4.69) is 50.1 Å². The summed E-state index contributed by atoms with van der Waals surface area (Å²) in [5, 5.41) is 6.41. The van der Waals surface area contributed by atoms with Crippen LogP contribution in [0.2, 0.25) is 5.02 Å². The van der Waals surface area contributed by atoms with Crippen molar-refractivity contribution in [1.29, 1.82) is 0 Å². The van der Waals surface area contributed by atoms with Gasteiger partial charge in [-0.2, -0.15) is 0 Å². The maximum Gasteiger partial charge on any atom is 0.230 e. The van der Waals surface area contributed by atoms with Crippen LogP contribution in [0.4, 0.5) is 16.0 Å². The Morgan fingerprint density at radius 2 is 2.03 bits per heavy atom. The molecule has 0 bridgehead atoms.